The second-order valence-corrected chi connectivity index (χ2v) is 4.52. The highest BCUT2D eigenvalue weighted by molar-refractivity contribution is 7.12. The molecule has 0 aromatic carbocycles. The molecule has 0 atom stereocenters. The molecule has 1 aromatic heterocycles. The summed E-state index contributed by atoms with van der Waals surface area (Å²) in [6.07, 6.45) is 2.43. The van der Waals surface area contributed by atoms with Crippen LogP contribution in [0, 0.1) is 6.92 Å². The monoisotopic (exact) mass is 181 g/mol. The van der Waals surface area contributed by atoms with Crippen molar-refractivity contribution in [2.24, 2.45) is 0 Å². The fourth-order valence-corrected chi connectivity index (χ4v) is 3.12. The molecular weight excluding hydrogens is 166 g/mol. The molecule has 0 bridgehead atoms. The lowest BCUT2D eigenvalue weighted by molar-refractivity contribution is 0.650. The molecule has 0 saturated heterocycles. The first kappa shape index (κ1) is 8.27. The van der Waals surface area contributed by atoms with Crippen LogP contribution in [0.2, 0.25) is 0 Å². The molecule has 0 aliphatic carbocycles. The van der Waals surface area contributed by atoms with Crippen molar-refractivity contribution in [3.05, 3.63) is 20.9 Å². The van der Waals surface area contributed by atoms with Crippen LogP contribution in [-0.2, 0) is 19.4 Å². The van der Waals surface area contributed by atoms with Gasteiger partial charge in [-0.15, -0.1) is 11.3 Å². The smallest absolute Gasteiger partial charge is 0.0219 e. The summed E-state index contributed by atoms with van der Waals surface area (Å²) >= 11 is 2.02. The highest BCUT2D eigenvalue weighted by atomic mass is 32.1. The molecule has 0 unspecified atom stereocenters. The summed E-state index contributed by atoms with van der Waals surface area (Å²) in [7, 11) is 0. The van der Waals surface area contributed by atoms with E-state index in [4.69, 9.17) is 0 Å². The average Bonchev–Trinajstić information content (AvgIpc) is 2.44. The van der Waals surface area contributed by atoms with Gasteiger partial charge in [-0.1, -0.05) is 6.92 Å². The van der Waals surface area contributed by atoms with Crippen LogP contribution in [0.15, 0.2) is 0 Å². The molecule has 1 aromatic rings. The Morgan fingerprint density at radius 1 is 1.50 bits per heavy atom. The zero-order chi connectivity index (χ0) is 8.55. The van der Waals surface area contributed by atoms with Crippen molar-refractivity contribution in [3.63, 3.8) is 0 Å². The summed E-state index contributed by atoms with van der Waals surface area (Å²) in [6.45, 7) is 6.77. The molecular formula is C10H15NS. The first-order valence-corrected chi connectivity index (χ1v) is 5.45. The van der Waals surface area contributed by atoms with Crippen molar-refractivity contribution in [1.29, 1.82) is 0 Å². The van der Waals surface area contributed by atoms with Gasteiger partial charge in [-0.3, -0.25) is 0 Å². The quantitative estimate of drug-likeness (QED) is 0.701. The zero-order valence-corrected chi connectivity index (χ0v) is 8.55. The van der Waals surface area contributed by atoms with Crippen molar-refractivity contribution in [3.8, 4) is 0 Å². The normalized spacial score (nSPS) is 16.2. The van der Waals surface area contributed by atoms with E-state index in [1.807, 2.05) is 11.3 Å². The van der Waals surface area contributed by atoms with Crippen LogP contribution in [0.3, 0.4) is 0 Å². The van der Waals surface area contributed by atoms with E-state index in [1.165, 1.54) is 12.8 Å². The standard InChI is InChI=1S/C10H15NS/c1-3-9-7(2)8-6-11-5-4-10(8)12-9/h11H,3-6H2,1-2H3. The van der Waals surface area contributed by atoms with E-state index in [9.17, 15) is 0 Å². The van der Waals surface area contributed by atoms with Crippen LogP contribution in [0.5, 0.6) is 0 Å². The first-order chi connectivity index (χ1) is 5.83. The topological polar surface area (TPSA) is 12.0 Å². The number of hydrogen-bond acceptors (Lipinski definition) is 2. The molecule has 1 aliphatic heterocycles. The van der Waals surface area contributed by atoms with E-state index in [0.29, 0.717) is 0 Å². The van der Waals surface area contributed by atoms with Gasteiger partial charge in [-0.05, 0) is 30.9 Å². The number of aryl methyl sites for hydroxylation is 1. The summed E-state index contributed by atoms with van der Waals surface area (Å²) in [5.41, 5.74) is 3.13. The largest absolute Gasteiger partial charge is 0.312 e. The fourth-order valence-electron chi connectivity index (χ4n) is 1.85. The van der Waals surface area contributed by atoms with Crippen LogP contribution in [0.4, 0.5) is 0 Å². The average molecular weight is 181 g/mol. The number of nitrogens with one attached hydrogen (secondary N) is 1. The van der Waals surface area contributed by atoms with Crippen molar-refractivity contribution in [2.75, 3.05) is 6.54 Å². The maximum Gasteiger partial charge on any atom is 0.0219 e. The summed E-state index contributed by atoms with van der Waals surface area (Å²) in [6, 6.07) is 0. The van der Waals surface area contributed by atoms with Gasteiger partial charge in [0, 0.05) is 22.8 Å². The number of thiophene rings is 1. The molecule has 0 amide bonds. The van der Waals surface area contributed by atoms with Gasteiger partial charge in [-0.2, -0.15) is 0 Å². The maximum atomic E-state index is 3.43. The van der Waals surface area contributed by atoms with Gasteiger partial charge in [-0.25, -0.2) is 0 Å². The van der Waals surface area contributed by atoms with Crippen molar-refractivity contribution in [1.82, 2.24) is 5.32 Å². The minimum Gasteiger partial charge on any atom is -0.312 e. The third-order valence-corrected chi connectivity index (χ3v) is 4.14. The molecule has 1 nitrogen and oxygen atoms in total. The number of fused-ring (bicyclic) bond motifs is 1. The Hall–Kier alpha value is -0.340. The molecule has 0 spiro atoms. The third kappa shape index (κ3) is 1.19. The lowest BCUT2D eigenvalue weighted by Crippen LogP contribution is -2.22. The Labute approximate surface area is 77.8 Å². The Morgan fingerprint density at radius 2 is 2.33 bits per heavy atom. The Balaban J connectivity index is 2.44. The molecule has 2 rings (SSSR count). The number of hydrogen-bond donors (Lipinski definition) is 1. The summed E-state index contributed by atoms with van der Waals surface area (Å²) in [4.78, 5) is 3.21. The minimum atomic E-state index is 1.09. The SMILES string of the molecule is CCc1sc2c(c1C)CNCC2. The summed E-state index contributed by atoms with van der Waals surface area (Å²) in [5.74, 6) is 0. The Bertz CT molecular complexity index is 288. The van der Waals surface area contributed by atoms with Crippen LogP contribution in [0.1, 0.15) is 27.8 Å². The van der Waals surface area contributed by atoms with Crippen molar-refractivity contribution < 1.29 is 0 Å². The lowest BCUT2D eigenvalue weighted by Gasteiger charge is -2.12. The molecule has 0 fully saturated rings. The predicted octanol–water partition coefficient (Wildman–Crippen LogP) is 2.26. The Kier molecular flexibility index (Phi) is 2.20. The van der Waals surface area contributed by atoms with Gasteiger partial charge >= 0.3 is 0 Å². The molecule has 2 heteroatoms. The van der Waals surface area contributed by atoms with E-state index in [0.717, 1.165) is 13.1 Å². The second-order valence-electron chi connectivity index (χ2n) is 3.33. The van der Waals surface area contributed by atoms with Gasteiger partial charge in [0.25, 0.3) is 0 Å². The van der Waals surface area contributed by atoms with Crippen LogP contribution in [0.25, 0.3) is 0 Å². The molecule has 66 valence electrons. The first-order valence-electron chi connectivity index (χ1n) is 4.63. The van der Waals surface area contributed by atoms with Gasteiger partial charge in [0.2, 0.25) is 0 Å². The zero-order valence-electron chi connectivity index (χ0n) is 7.74. The van der Waals surface area contributed by atoms with Crippen molar-refractivity contribution in [2.45, 2.75) is 33.2 Å². The molecule has 0 radical (unpaired) electrons. The van der Waals surface area contributed by atoms with Gasteiger partial charge in [0.15, 0.2) is 0 Å². The minimum absolute atomic E-state index is 1.09. The lowest BCUT2D eigenvalue weighted by atomic mass is 10.1. The highest BCUT2D eigenvalue weighted by Crippen LogP contribution is 2.30. The van der Waals surface area contributed by atoms with Gasteiger partial charge in [0.05, 0.1) is 0 Å². The fraction of sp³-hybridized carbons (Fsp3) is 0.600. The second kappa shape index (κ2) is 3.19. The third-order valence-electron chi connectivity index (χ3n) is 2.61. The van der Waals surface area contributed by atoms with Gasteiger partial charge in [0.1, 0.15) is 0 Å². The van der Waals surface area contributed by atoms with E-state index in [-0.39, 0.29) is 0 Å². The molecule has 1 aliphatic rings. The van der Waals surface area contributed by atoms with Crippen LogP contribution < -0.4 is 5.32 Å². The highest BCUT2D eigenvalue weighted by Gasteiger charge is 2.15. The van der Waals surface area contributed by atoms with E-state index in [2.05, 4.69) is 19.2 Å². The number of rotatable bonds is 1. The molecule has 0 saturated carbocycles. The summed E-state index contributed by atoms with van der Waals surface area (Å²) in [5, 5.41) is 3.43. The van der Waals surface area contributed by atoms with Crippen LogP contribution >= 0.6 is 11.3 Å². The van der Waals surface area contributed by atoms with E-state index < -0.39 is 0 Å². The maximum absolute atomic E-state index is 3.43. The molecule has 1 N–H and O–H groups in total. The van der Waals surface area contributed by atoms with E-state index in [1.54, 1.807) is 20.9 Å². The Morgan fingerprint density at radius 3 is 3.00 bits per heavy atom. The summed E-state index contributed by atoms with van der Waals surface area (Å²) < 4.78 is 0. The van der Waals surface area contributed by atoms with E-state index >= 15 is 0 Å². The predicted molar refractivity (Wildman–Crippen MR) is 53.8 cm³/mol. The van der Waals surface area contributed by atoms with Crippen molar-refractivity contribution >= 4 is 11.3 Å². The van der Waals surface area contributed by atoms with Gasteiger partial charge < -0.3 is 5.32 Å². The molecule has 2 heterocycles. The van der Waals surface area contributed by atoms with Crippen LogP contribution in [-0.4, -0.2) is 6.54 Å². The molecule has 12 heavy (non-hydrogen) atoms.